The van der Waals surface area contributed by atoms with Crippen molar-refractivity contribution in [1.29, 1.82) is 0 Å². The highest BCUT2D eigenvalue weighted by Gasteiger charge is 2.58. The summed E-state index contributed by atoms with van der Waals surface area (Å²) in [5.74, 6) is 1.51. The summed E-state index contributed by atoms with van der Waals surface area (Å²) in [4.78, 5) is 12.3. The van der Waals surface area contributed by atoms with E-state index in [2.05, 4.69) is 0 Å². The Balaban J connectivity index is 2.23. The van der Waals surface area contributed by atoms with Gasteiger partial charge in [0.15, 0.2) is 0 Å². The molecular weight excluding hydrogens is 236 g/mol. The van der Waals surface area contributed by atoms with Crippen LogP contribution in [0.15, 0.2) is 0 Å². The molecule has 1 atom stereocenters. The largest absolute Gasteiger partial charge is 0.465 e. The van der Waals surface area contributed by atoms with Crippen molar-refractivity contribution in [1.82, 2.24) is 0 Å². The Morgan fingerprint density at radius 3 is 2.53 bits per heavy atom. The molecule has 1 unspecified atom stereocenters. The minimum atomic E-state index is -0.818. The second-order valence-corrected chi connectivity index (χ2v) is 6.30. The van der Waals surface area contributed by atoms with Crippen molar-refractivity contribution in [3.63, 3.8) is 0 Å². The van der Waals surface area contributed by atoms with Crippen LogP contribution in [0.1, 0.15) is 45.4 Å². The smallest absolute Gasteiger partial charge is 0.315 e. The topological polar surface area (TPSA) is 46.5 Å². The lowest BCUT2D eigenvalue weighted by atomic mass is 9.64. The third-order valence-electron chi connectivity index (χ3n) is 4.26. The van der Waals surface area contributed by atoms with E-state index >= 15 is 0 Å². The van der Waals surface area contributed by atoms with Gasteiger partial charge in [0.05, 0.1) is 12.2 Å². The molecule has 2 rings (SSSR count). The van der Waals surface area contributed by atoms with Crippen LogP contribution in [0.4, 0.5) is 0 Å². The number of ether oxygens (including phenoxy) is 1. The molecule has 0 radical (unpaired) electrons. The lowest BCUT2D eigenvalue weighted by molar-refractivity contribution is -0.176. The highest BCUT2D eigenvalue weighted by molar-refractivity contribution is 7.99. The Labute approximate surface area is 107 Å². The fourth-order valence-corrected chi connectivity index (χ4v) is 4.68. The number of carbonyl (C=O) groups is 1. The third kappa shape index (κ3) is 2.22. The first-order chi connectivity index (χ1) is 8.15. The molecule has 1 aliphatic carbocycles. The van der Waals surface area contributed by atoms with Gasteiger partial charge in [-0.05, 0) is 31.9 Å². The number of hydrogen-bond donors (Lipinski definition) is 1. The van der Waals surface area contributed by atoms with E-state index in [9.17, 15) is 9.90 Å². The van der Waals surface area contributed by atoms with Crippen LogP contribution in [0.2, 0.25) is 0 Å². The van der Waals surface area contributed by atoms with E-state index in [1.807, 2.05) is 6.92 Å². The van der Waals surface area contributed by atoms with Crippen LogP contribution in [0.3, 0.4) is 0 Å². The van der Waals surface area contributed by atoms with Gasteiger partial charge in [-0.25, -0.2) is 0 Å². The molecule has 1 saturated heterocycles. The number of aliphatic hydroxyl groups is 1. The van der Waals surface area contributed by atoms with Crippen LogP contribution in [-0.2, 0) is 9.53 Å². The maximum Gasteiger partial charge on any atom is 0.315 e. The molecule has 1 heterocycles. The van der Waals surface area contributed by atoms with Gasteiger partial charge in [0.1, 0.15) is 5.41 Å². The second kappa shape index (κ2) is 5.19. The van der Waals surface area contributed by atoms with Crippen molar-refractivity contribution in [3.05, 3.63) is 0 Å². The van der Waals surface area contributed by atoms with E-state index < -0.39 is 11.0 Å². The van der Waals surface area contributed by atoms with E-state index in [1.165, 1.54) is 6.42 Å². The summed E-state index contributed by atoms with van der Waals surface area (Å²) in [6.45, 7) is 2.24. The highest BCUT2D eigenvalue weighted by atomic mass is 32.2. The van der Waals surface area contributed by atoms with Crippen molar-refractivity contribution in [2.24, 2.45) is 5.41 Å². The molecule has 98 valence electrons. The predicted octanol–water partition coefficient (Wildman–Crippen LogP) is 2.37. The van der Waals surface area contributed by atoms with Crippen LogP contribution in [0.5, 0.6) is 0 Å². The molecule has 0 spiro atoms. The van der Waals surface area contributed by atoms with Gasteiger partial charge in [-0.15, -0.1) is 0 Å². The molecule has 0 amide bonds. The molecule has 0 bridgehead atoms. The van der Waals surface area contributed by atoms with E-state index in [1.54, 1.807) is 11.8 Å². The van der Waals surface area contributed by atoms with Gasteiger partial charge < -0.3 is 9.84 Å². The van der Waals surface area contributed by atoms with Crippen LogP contribution in [-0.4, -0.2) is 34.8 Å². The number of thioether (sulfide) groups is 1. The lowest BCUT2D eigenvalue weighted by Gasteiger charge is -2.45. The van der Waals surface area contributed by atoms with Crippen LogP contribution in [0.25, 0.3) is 0 Å². The zero-order valence-electron chi connectivity index (χ0n) is 10.5. The normalized spacial score (nSPS) is 32.4. The summed E-state index contributed by atoms with van der Waals surface area (Å²) in [5, 5.41) is 10.9. The molecule has 1 aliphatic heterocycles. The monoisotopic (exact) mass is 258 g/mol. The molecule has 1 saturated carbocycles. The summed E-state index contributed by atoms with van der Waals surface area (Å²) < 4.78 is 5.24. The summed E-state index contributed by atoms with van der Waals surface area (Å²) >= 11 is 1.77. The van der Waals surface area contributed by atoms with Gasteiger partial charge in [0, 0.05) is 5.75 Å². The quantitative estimate of drug-likeness (QED) is 0.789. The number of esters is 1. The molecule has 4 heteroatoms. The number of rotatable bonds is 3. The Bertz CT molecular complexity index is 278. The SMILES string of the molecule is CCOC(=O)C1(C2(O)CCCCC2)CCSC1. The Hall–Kier alpha value is -0.220. The third-order valence-corrected chi connectivity index (χ3v) is 5.45. The average molecular weight is 258 g/mol. The molecule has 17 heavy (non-hydrogen) atoms. The molecule has 3 nitrogen and oxygen atoms in total. The van der Waals surface area contributed by atoms with Crippen molar-refractivity contribution >= 4 is 17.7 Å². The molecule has 0 aromatic heterocycles. The van der Waals surface area contributed by atoms with Gasteiger partial charge >= 0.3 is 5.97 Å². The molecule has 0 aromatic carbocycles. The fraction of sp³-hybridized carbons (Fsp3) is 0.923. The maximum atomic E-state index is 12.3. The lowest BCUT2D eigenvalue weighted by Crippen LogP contribution is -2.55. The maximum absolute atomic E-state index is 12.3. The van der Waals surface area contributed by atoms with Crippen molar-refractivity contribution < 1.29 is 14.6 Å². The minimum Gasteiger partial charge on any atom is -0.465 e. The standard InChI is InChI=1S/C13H22O3S/c1-2-16-11(14)12(8-9-17-10-12)13(15)6-4-3-5-7-13/h15H,2-10H2,1H3. The van der Waals surface area contributed by atoms with Crippen LogP contribution >= 0.6 is 11.8 Å². The van der Waals surface area contributed by atoms with Crippen molar-refractivity contribution in [2.75, 3.05) is 18.1 Å². The van der Waals surface area contributed by atoms with Crippen molar-refractivity contribution in [2.45, 2.75) is 51.0 Å². The van der Waals surface area contributed by atoms with E-state index in [4.69, 9.17) is 4.74 Å². The predicted molar refractivity (Wildman–Crippen MR) is 69.0 cm³/mol. The summed E-state index contributed by atoms with van der Waals surface area (Å²) in [6.07, 6.45) is 5.52. The summed E-state index contributed by atoms with van der Waals surface area (Å²) in [5.41, 5.74) is -1.45. The highest BCUT2D eigenvalue weighted by Crippen LogP contribution is 2.51. The van der Waals surface area contributed by atoms with Crippen molar-refractivity contribution in [3.8, 4) is 0 Å². The first-order valence-electron chi connectivity index (χ1n) is 6.62. The fourth-order valence-electron chi connectivity index (χ4n) is 3.17. The Morgan fingerprint density at radius 2 is 2.00 bits per heavy atom. The van der Waals surface area contributed by atoms with E-state index in [0.717, 1.165) is 43.6 Å². The number of hydrogen-bond acceptors (Lipinski definition) is 4. The first-order valence-corrected chi connectivity index (χ1v) is 7.77. The first kappa shape index (κ1) is 13.2. The molecule has 2 fully saturated rings. The van der Waals surface area contributed by atoms with Gasteiger partial charge in [-0.3, -0.25) is 4.79 Å². The average Bonchev–Trinajstić information content (AvgIpc) is 2.81. The number of carbonyl (C=O) groups excluding carboxylic acids is 1. The molecule has 1 N–H and O–H groups in total. The van der Waals surface area contributed by atoms with Crippen LogP contribution < -0.4 is 0 Å². The Morgan fingerprint density at radius 1 is 1.29 bits per heavy atom. The zero-order valence-corrected chi connectivity index (χ0v) is 11.4. The summed E-state index contributed by atoms with van der Waals surface area (Å²) in [6, 6.07) is 0. The molecule has 2 aliphatic rings. The minimum absolute atomic E-state index is 0.172. The zero-order chi connectivity index (χ0) is 12.4. The van der Waals surface area contributed by atoms with Gasteiger partial charge in [0.25, 0.3) is 0 Å². The Kier molecular flexibility index (Phi) is 4.03. The van der Waals surface area contributed by atoms with Crippen LogP contribution in [0, 0.1) is 5.41 Å². The molecule has 0 aromatic rings. The van der Waals surface area contributed by atoms with Gasteiger partial charge in [0.2, 0.25) is 0 Å². The molecular formula is C13H22O3S. The van der Waals surface area contributed by atoms with Gasteiger partial charge in [-0.2, -0.15) is 11.8 Å². The summed E-state index contributed by atoms with van der Waals surface area (Å²) in [7, 11) is 0. The second-order valence-electron chi connectivity index (χ2n) is 5.20. The van der Waals surface area contributed by atoms with E-state index in [-0.39, 0.29) is 5.97 Å². The van der Waals surface area contributed by atoms with E-state index in [0.29, 0.717) is 6.61 Å². The van der Waals surface area contributed by atoms with Gasteiger partial charge in [-0.1, -0.05) is 19.3 Å².